The number of benzene rings is 2. The average Bonchev–Trinajstić information content (AvgIpc) is 2.95. The summed E-state index contributed by atoms with van der Waals surface area (Å²) < 4.78 is 5.35. The Morgan fingerprint density at radius 2 is 1.37 bits per heavy atom. The second kappa shape index (κ2) is 16.5. The molecule has 1 fully saturated rings. The molecule has 0 bridgehead atoms. The summed E-state index contributed by atoms with van der Waals surface area (Å²) in [6.07, 6.45) is 1.31. The standard InChI is InChI=1S/C31H42N4O6/c1-22(2)19-26(30(38)34-27(31(39)40)20-24-11-7-4-8-12-24)33-29(37)25(14-13-23-9-5-3-6-10-23)32-28(36)21-35-15-17-41-18-16-35/h3-12,22,25-27H,13-21H2,1-2H3,(H,32,36)(H,33,37)(H,34,38)(H,39,40)/t25-,26-,27-/m1/s1. The van der Waals surface area contributed by atoms with Gasteiger partial charge in [-0.2, -0.15) is 0 Å². The number of carboxylic acids is 1. The molecule has 0 spiro atoms. The van der Waals surface area contributed by atoms with E-state index in [1.165, 1.54) is 0 Å². The van der Waals surface area contributed by atoms with Crippen LogP contribution in [0.4, 0.5) is 0 Å². The number of amides is 3. The van der Waals surface area contributed by atoms with Gasteiger partial charge in [-0.3, -0.25) is 19.3 Å². The summed E-state index contributed by atoms with van der Waals surface area (Å²) in [6, 6.07) is 15.7. The summed E-state index contributed by atoms with van der Waals surface area (Å²) in [5, 5.41) is 18.1. The van der Waals surface area contributed by atoms with Crippen LogP contribution in [0.2, 0.25) is 0 Å². The van der Waals surface area contributed by atoms with Gasteiger partial charge in [0.15, 0.2) is 0 Å². The highest BCUT2D eigenvalue weighted by Gasteiger charge is 2.30. The van der Waals surface area contributed by atoms with Crippen molar-refractivity contribution in [3.63, 3.8) is 0 Å². The lowest BCUT2D eigenvalue weighted by molar-refractivity contribution is -0.142. The van der Waals surface area contributed by atoms with Crippen LogP contribution in [0.3, 0.4) is 0 Å². The number of hydrogen-bond acceptors (Lipinski definition) is 6. The fraction of sp³-hybridized carbons (Fsp3) is 0.484. The highest BCUT2D eigenvalue weighted by atomic mass is 16.5. The van der Waals surface area contributed by atoms with Crippen molar-refractivity contribution in [3.8, 4) is 0 Å². The Bertz CT molecular complexity index is 1120. The molecule has 2 aromatic carbocycles. The number of carbonyl (C=O) groups is 4. The van der Waals surface area contributed by atoms with E-state index in [1.54, 1.807) is 24.3 Å². The van der Waals surface area contributed by atoms with E-state index in [0.717, 1.165) is 11.1 Å². The van der Waals surface area contributed by atoms with Crippen LogP contribution in [0, 0.1) is 5.92 Å². The molecule has 1 aliphatic rings. The first-order valence-corrected chi connectivity index (χ1v) is 14.2. The van der Waals surface area contributed by atoms with Gasteiger partial charge in [-0.25, -0.2) is 4.79 Å². The molecule has 10 nitrogen and oxygen atoms in total. The van der Waals surface area contributed by atoms with E-state index in [1.807, 2.05) is 55.1 Å². The van der Waals surface area contributed by atoms with Crippen LogP contribution in [0.15, 0.2) is 60.7 Å². The second-order valence-corrected chi connectivity index (χ2v) is 10.8. The third-order valence-electron chi connectivity index (χ3n) is 6.92. The van der Waals surface area contributed by atoms with Crippen molar-refractivity contribution in [2.24, 2.45) is 5.92 Å². The zero-order chi connectivity index (χ0) is 29.6. The third kappa shape index (κ3) is 11.3. The van der Waals surface area contributed by atoms with Crippen molar-refractivity contribution in [2.45, 2.75) is 57.7 Å². The molecule has 2 aromatic rings. The number of nitrogens with zero attached hydrogens (tertiary/aromatic N) is 1. The van der Waals surface area contributed by atoms with Gasteiger partial charge in [0, 0.05) is 19.5 Å². The maximum Gasteiger partial charge on any atom is 0.326 e. The lowest BCUT2D eigenvalue weighted by Crippen LogP contribution is -2.57. The van der Waals surface area contributed by atoms with E-state index in [9.17, 15) is 24.3 Å². The number of nitrogens with one attached hydrogen (secondary N) is 3. The molecule has 10 heteroatoms. The maximum atomic E-state index is 13.5. The molecule has 0 aliphatic carbocycles. The molecule has 0 unspecified atom stereocenters. The quantitative estimate of drug-likeness (QED) is 0.258. The van der Waals surface area contributed by atoms with Crippen LogP contribution < -0.4 is 16.0 Å². The van der Waals surface area contributed by atoms with Crippen LogP contribution in [-0.4, -0.2) is 84.7 Å². The van der Waals surface area contributed by atoms with Crippen molar-refractivity contribution < 1.29 is 29.0 Å². The van der Waals surface area contributed by atoms with Crippen LogP contribution in [0.5, 0.6) is 0 Å². The fourth-order valence-corrected chi connectivity index (χ4v) is 4.72. The number of morpholine rings is 1. The normalized spacial score (nSPS) is 15.9. The Kier molecular flexibility index (Phi) is 12.8. The molecule has 0 aromatic heterocycles. The topological polar surface area (TPSA) is 137 Å². The Morgan fingerprint density at radius 3 is 1.95 bits per heavy atom. The molecule has 4 N–H and O–H groups in total. The van der Waals surface area contributed by atoms with Crippen LogP contribution in [0.1, 0.15) is 37.8 Å². The number of hydrogen-bond donors (Lipinski definition) is 4. The summed E-state index contributed by atoms with van der Waals surface area (Å²) in [4.78, 5) is 53.7. The van der Waals surface area contributed by atoms with Crippen LogP contribution in [0.25, 0.3) is 0 Å². The minimum absolute atomic E-state index is 0.0436. The van der Waals surface area contributed by atoms with Crippen molar-refractivity contribution in [2.75, 3.05) is 32.8 Å². The molecular weight excluding hydrogens is 524 g/mol. The SMILES string of the molecule is CC(C)C[C@@H](NC(=O)[C@@H](CCc1ccccc1)NC(=O)CN1CCOCC1)C(=O)N[C@H](Cc1ccccc1)C(=O)O. The van der Waals surface area contributed by atoms with Crippen molar-refractivity contribution >= 4 is 23.7 Å². The molecule has 3 amide bonds. The van der Waals surface area contributed by atoms with Gasteiger partial charge in [0.1, 0.15) is 18.1 Å². The Morgan fingerprint density at radius 1 is 0.805 bits per heavy atom. The number of aryl methyl sites for hydroxylation is 1. The second-order valence-electron chi connectivity index (χ2n) is 10.8. The van der Waals surface area contributed by atoms with E-state index in [4.69, 9.17) is 4.74 Å². The highest BCUT2D eigenvalue weighted by Crippen LogP contribution is 2.11. The number of aliphatic carboxylic acids is 1. The molecule has 3 atom stereocenters. The van der Waals surface area contributed by atoms with Crippen molar-refractivity contribution in [1.82, 2.24) is 20.9 Å². The maximum absolute atomic E-state index is 13.5. The van der Waals surface area contributed by atoms with E-state index >= 15 is 0 Å². The molecule has 0 saturated carbocycles. The summed E-state index contributed by atoms with van der Waals surface area (Å²) in [5.74, 6) is -2.45. The van der Waals surface area contributed by atoms with Gasteiger partial charge in [0.25, 0.3) is 0 Å². The largest absolute Gasteiger partial charge is 0.480 e. The third-order valence-corrected chi connectivity index (χ3v) is 6.92. The molecule has 1 saturated heterocycles. The number of rotatable bonds is 15. The lowest BCUT2D eigenvalue weighted by atomic mass is 10.00. The van der Waals surface area contributed by atoms with E-state index in [2.05, 4.69) is 16.0 Å². The molecule has 41 heavy (non-hydrogen) atoms. The summed E-state index contributed by atoms with van der Waals surface area (Å²) >= 11 is 0. The predicted octanol–water partition coefficient (Wildman–Crippen LogP) is 1.78. The monoisotopic (exact) mass is 566 g/mol. The molecule has 1 heterocycles. The van der Waals surface area contributed by atoms with Crippen LogP contribution in [-0.2, 0) is 36.8 Å². The Labute approximate surface area is 241 Å². The minimum atomic E-state index is -1.16. The summed E-state index contributed by atoms with van der Waals surface area (Å²) in [6.45, 7) is 6.37. The first-order chi connectivity index (χ1) is 19.7. The molecular formula is C31H42N4O6. The van der Waals surface area contributed by atoms with Crippen molar-refractivity contribution in [1.29, 1.82) is 0 Å². The van der Waals surface area contributed by atoms with E-state index < -0.39 is 35.9 Å². The van der Waals surface area contributed by atoms with Gasteiger partial charge in [-0.15, -0.1) is 0 Å². The lowest BCUT2D eigenvalue weighted by Gasteiger charge is -2.28. The van der Waals surface area contributed by atoms with Gasteiger partial charge in [-0.1, -0.05) is 74.5 Å². The minimum Gasteiger partial charge on any atom is -0.480 e. The molecule has 3 rings (SSSR count). The van der Waals surface area contributed by atoms with E-state index in [-0.39, 0.29) is 24.8 Å². The van der Waals surface area contributed by atoms with Gasteiger partial charge < -0.3 is 25.8 Å². The molecule has 1 aliphatic heterocycles. The van der Waals surface area contributed by atoms with Crippen LogP contribution >= 0.6 is 0 Å². The summed E-state index contributed by atoms with van der Waals surface area (Å²) in [7, 11) is 0. The Hall–Kier alpha value is -3.76. The Balaban J connectivity index is 1.70. The first-order valence-electron chi connectivity index (χ1n) is 14.2. The van der Waals surface area contributed by atoms with Gasteiger partial charge >= 0.3 is 5.97 Å². The van der Waals surface area contributed by atoms with Gasteiger partial charge in [0.05, 0.1) is 19.8 Å². The molecule has 0 radical (unpaired) electrons. The van der Waals surface area contributed by atoms with Gasteiger partial charge in [-0.05, 0) is 36.3 Å². The van der Waals surface area contributed by atoms with Gasteiger partial charge in [0.2, 0.25) is 17.7 Å². The predicted molar refractivity (Wildman–Crippen MR) is 155 cm³/mol. The number of ether oxygens (including phenoxy) is 1. The average molecular weight is 567 g/mol. The molecule has 222 valence electrons. The summed E-state index contributed by atoms with van der Waals surface area (Å²) in [5.41, 5.74) is 1.79. The highest BCUT2D eigenvalue weighted by molar-refractivity contribution is 5.93. The first kappa shape index (κ1) is 31.8. The number of carboxylic acid groups (broad SMARTS) is 1. The fourth-order valence-electron chi connectivity index (χ4n) is 4.72. The van der Waals surface area contributed by atoms with Crippen molar-refractivity contribution in [3.05, 3.63) is 71.8 Å². The smallest absolute Gasteiger partial charge is 0.326 e. The zero-order valence-electron chi connectivity index (χ0n) is 23.9. The van der Waals surface area contributed by atoms with E-state index in [0.29, 0.717) is 45.6 Å². The zero-order valence-corrected chi connectivity index (χ0v) is 23.9. The number of carbonyl (C=O) groups excluding carboxylic acids is 3.